The highest BCUT2D eigenvalue weighted by Gasteiger charge is 2.25. The predicted octanol–water partition coefficient (Wildman–Crippen LogP) is -3.36. The maximum Gasteiger partial charge on any atom is 0.696 e. The van der Waals surface area contributed by atoms with Crippen molar-refractivity contribution in [2.45, 2.75) is 12.2 Å². The number of aliphatic hydroxyl groups excluding tert-OH is 3. The molecule has 0 amide bonds. The van der Waals surface area contributed by atoms with Gasteiger partial charge in [-0.25, -0.2) is 0 Å². The van der Waals surface area contributed by atoms with Crippen molar-refractivity contribution in [2.24, 2.45) is 0 Å². The molecule has 0 saturated carbocycles. The second-order valence-electron chi connectivity index (χ2n) is 9.28. The number of carbonyl (C=O) groups is 2. The van der Waals surface area contributed by atoms with Gasteiger partial charge in [0.05, 0.1) is 31.9 Å². The minimum Gasteiger partial charge on any atom is -0.480 e. The van der Waals surface area contributed by atoms with Crippen LogP contribution in [-0.2, 0) is 27.8 Å². The lowest BCUT2D eigenvalue weighted by Crippen LogP contribution is -2.50. The molecule has 18 nitrogen and oxygen atoms in total. The van der Waals surface area contributed by atoms with Gasteiger partial charge in [-0.2, -0.15) is 0 Å². The lowest BCUT2D eigenvalue weighted by molar-refractivity contribution is -0.139. The van der Waals surface area contributed by atoms with Crippen LogP contribution in [0.1, 0.15) is 0 Å². The van der Waals surface area contributed by atoms with Crippen LogP contribution >= 0.6 is 16.5 Å². The number of rotatable bonds is 17. The van der Waals surface area contributed by atoms with Gasteiger partial charge in [0.25, 0.3) is 0 Å². The van der Waals surface area contributed by atoms with Crippen molar-refractivity contribution in [1.82, 2.24) is 24.5 Å². The summed E-state index contributed by atoms with van der Waals surface area (Å²) in [5.74, 6) is -2.10. The molecule has 232 valence electrons. The van der Waals surface area contributed by atoms with E-state index in [1.54, 1.807) is 14.7 Å². The van der Waals surface area contributed by atoms with Gasteiger partial charge in [0.15, 0.2) is 13.5 Å². The van der Waals surface area contributed by atoms with E-state index in [9.17, 15) is 39.1 Å². The third-order valence-corrected chi connectivity index (χ3v) is 6.64. The van der Waals surface area contributed by atoms with Crippen molar-refractivity contribution in [2.75, 3.05) is 105 Å². The topological polar surface area (TPSA) is 245 Å². The highest BCUT2D eigenvalue weighted by Crippen LogP contribution is 2.16. The van der Waals surface area contributed by atoms with Gasteiger partial charge < -0.3 is 25.5 Å². The molecule has 40 heavy (non-hydrogen) atoms. The fourth-order valence-corrected chi connectivity index (χ4v) is 4.56. The van der Waals surface area contributed by atoms with E-state index in [2.05, 4.69) is 4.52 Å². The smallest absolute Gasteiger partial charge is 0.480 e. The zero-order valence-corrected chi connectivity index (χ0v) is 24.0. The fourth-order valence-electron chi connectivity index (χ4n) is 4.04. The zero-order valence-electron chi connectivity index (χ0n) is 22.2. The third-order valence-electron chi connectivity index (χ3n) is 5.97. The number of hydrogen-bond acceptors (Lipinski definition) is 14. The van der Waals surface area contributed by atoms with Crippen molar-refractivity contribution in [3.8, 4) is 0 Å². The summed E-state index contributed by atoms with van der Waals surface area (Å²) in [6, 6.07) is 0. The zero-order chi connectivity index (χ0) is 30.1. The monoisotopic (exact) mass is 621 g/mol. The quantitative estimate of drug-likeness (QED) is 0.0619. The van der Waals surface area contributed by atoms with E-state index in [1.165, 1.54) is 4.90 Å². The molecule has 0 aliphatic carbocycles. The lowest BCUT2D eigenvalue weighted by atomic mass is 10.2. The van der Waals surface area contributed by atoms with Crippen molar-refractivity contribution in [3.63, 3.8) is 0 Å². The molecule has 1 aliphatic heterocycles. The van der Waals surface area contributed by atoms with Gasteiger partial charge in [-0.15, -0.1) is 18.8 Å². The Hall–Kier alpha value is -1.34. The summed E-state index contributed by atoms with van der Waals surface area (Å²) < 4.78 is 31.4. The molecule has 0 aromatic carbocycles. The van der Waals surface area contributed by atoms with Crippen LogP contribution in [0.3, 0.4) is 0 Å². The molecule has 1 aliphatic rings. The Morgan fingerprint density at radius 1 is 0.725 bits per heavy atom. The Morgan fingerprint density at radius 2 is 1.15 bits per heavy atom. The second kappa shape index (κ2) is 20.5. The van der Waals surface area contributed by atoms with Crippen molar-refractivity contribution in [3.05, 3.63) is 0 Å². The van der Waals surface area contributed by atoms with Crippen LogP contribution in [-0.4, -0.2) is 189 Å². The SMILES string of the molecule is O=C(O)CN1CCN(CO[P+](=O)O)CCN(CC(=O)O)CCN(CC(O)CN(CO[P+](=O)O)CC(O)CO)CC1. The molecule has 0 spiro atoms. The normalized spacial score (nSPS) is 19.9. The van der Waals surface area contributed by atoms with Crippen LogP contribution < -0.4 is 0 Å². The number of β-amino-alcohol motifs (C(OH)–C–C–N with tert-alkyl or cyclic N) is 1. The molecule has 1 fully saturated rings. The Bertz CT molecular complexity index is 770. The maximum atomic E-state index is 11.4. The highest BCUT2D eigenvalue weighted by atomic mass is 31.1. The van der Waals surface area contributed by atoms with Gasteiger partial charge in [0.1, 0.15) is 0 Å². The molecule has 4 atom stereocenters. The van der Waals surface area contributed by atoms with E-state index in [0.29, 0.717) is 13.1 Å². The highest BCUT2D eigenvalue weighted by molar-refractivity contribution is 7.32. The summed E-state index contributed by atoms with van der Waals surface area (Å²) >= 11 is 0. The summed E-state index contributed by atoms with van der Waals surface area (Å²) in [6.45, 7) is 0.462. The number of aliphatic hydroxyl groups is 3. The molecule has 7 N–H and O–H groups in total. The van der Waals surface area contributed by atoms with Gasteiger partial charge in [-0.3, -0.25) is 34.1 Å². The lowest BCUT2D eigenvalue weighted by Gasteiger charge is -2.34. The molecule has 0 bridgehead atoms. The van der Waals surface area contributed by atoms with Gasteiger partial charge in [-0.1, -0.05) is 0 Å². The van der Waals surface area contributed by atoms with E-state index in [0.717, 1.165) is 0 Å². The van der Waals surface area contributed by atoms with E-state index in [1.807, 2.05) is 4.90 Å². The van der Waals surface area contributed by atoms with Crippen molar-refractivity contribution in [1.29, 1.82) is 0 Å². The van der Waals surface area contributed by atoms with E-state index in [-0.39, 0.29) is 85.5 Å². The number of carboxylic acids is 2. The van der Waals surface area contributed by atoms with Crippen LogP contribution in [0, 0.1) is 0 Å². The summed E-state index contributed by atoms with van der Waals surface area (Å²) in [7, 11) is -5.77. The summed E-state index contributed by atoms with van der Waals surface area (Å²) in [5.41, 5.74) is 0. The van der Waals surface area contributed by atoms with Crippen LogP contribution in [0.2, 0.25) is 0 Å². The van der Waals surface area contributed by atoms with Gasteiger partial charge in [0, 0.05) is 81.1 Å². The minimum atomic E-state index is -2.93. The Kier molecular flexibility index (Phi) is 18.8. The molecular formula is C20H41N5O13P2+2. The molecule has 1 rings (SSSR count). The molecule has 0 aromatic heterocycles. The summed E-state index contributed by atoms with van der Waals surface area (Å²) in [4.78, 5) is 49.0. The minimum absolute atomic E-state index is 0.0717. The molecule has 20 heteroatoms. The fraction of sp³-hybridized carbons (Fsp3) is 0.900. The first-order chi connectivity index (χ1) is 18.9. The Labute approximate surface area is 233 Å². The standard InChI is InChI=1S/C20H39N5O13P2/c26-14-18(28)11-25(16-38-40(35)36)10-17(27)9-21-1-3-22(12-19(29)30)5-7-24(15-37-39(33)34)8-6-23(4-2-21)13-20(31)32/h17-18,26-28H,1-16H2,(H2-2,29,30,31,32,33,34,35,36)/p+2. The molecule has 1 heterocycles. The molecule has 0 aromatic rings. The van der Waals surface area contributed by atoms with Gasteiger partial charge in [0.2, 0.25) is 0 Å². The first-order valence-corrected chi connectivity index (χ1v) is 14.7. The Balaban J connectivity index is 2.98. The average Bonchev–Trinajstić information content (AvgIpc) is 2.85. The second-order valence-corrected chi connectivity index (χ2v) is 10.7. The van der Waals surface area contributed by atoms with Crippen LogP contribution in [0.15, 0.2) is 0 Å². The van der Waals surface area contributed by atoms with Crippen LogP contribution in [0.4, 0.5) is 0 Å². The molecule has 0 radical (unpaired) electrons. The molecular weight excluding hydrogens is 580 g/mol. The molecule has 4 unspecified atom stereocenters. The maximum absolute atomic E-state index is 11.4. The summed E-state index contributed by atoms with van der Waals surface area (Å²) in [5, 5.41) is 48.4. The number of nitrogens with zero attached hydrogens (tertiary/aromatic N) is 5. The Morgan fingerprint density at radius 3 is 1.57 bits per heavy atom. The summed E-state index contributed by atoms with van der Waals surface area (Å²) in [6.07, 6.45) is -2.22. The van der Waals surface area contributed by atoms with E-state index in [4.69, 9.17) is 19.4 Å². The van der Waals surface area contributed by atoms with E-state index < -0.39 is 47.3 Å². The predicted molar refractivity (Wildman–Crippen MR) is 138 cm³/mol. The third kappa shape index (κ3) is 18.2. The van der Waals surface area contributed by atoms with Gasteiger partial charge >= 0.3 is 28.4 Å². The molecule has 1 saturated heterocycles. The van der Waals surface area contributed by atoms with Gasteiger partial charge in [-0.05, 0) is 0 Å². The first-order valence-electron chi connectivity index (χ1n) is 12.5. The van der Waals surface area contributed by atoms with Crippen molar-refractivity contribution >= 4 is 28.4 Å². The largest absolute Gasteiger partial charge is 0.696 e. The number of hydrogen-bond donors (Lipinski definition) is 7. The van der Waals surface area contributed by atoms with Crippen LogP contribution in [0.5, 0.6) is 0 Å². The number of carboxylic acid groups (broad SMARTS) is 2. The van der Waals surface area contributed by atoms with Crippen LogP contribution in [0.25, 0.3) is 0 Å². The van der Waals surface area contributed by atoms with E-state index >= 15 is 0 Å². The average molecular weight is 622 g/mol. The van der Waals surface area contributed by atoms with Crippen molar-refractivity contribution < 1.29 is 63.1 Å². The number of aliphatic carboxylic acids is 2. The first kappa shape index (κ1) is 36.7.